The van der Waals surface area contributed by atoms with Gasteiger partial charge in [-0.1, -0.05) is 18.2 Å². The smallest absolute Gasteiger partial charge is 0.317 e. The maximum absolute atomic E-state index is 12.2. The lowest BCUT2D eigenvalue weighted by molar-refractivity contribution is -0.139. The summed E-state index contributed by atoms with van der Waals surface area (Å²) in [5.74, 6) is -1.88. The van der Waals surface area contributed by atoms with E-state index >= 15 is 0 Å². The second-order valence-electron chi connectivity index (χ2n) is 7.37. The minimum absolute atomic E-state index is 0.0359. The minimum atomic E-state index is -1.25. The van der Waals surface area contributed by atoms with Crippen molar-refractivity contribution in [3.05, 3.63) is 68.2 Å². The molecule has 2 amide bonds. The SMILES string of the molecule is CC(=O)Nc1ccccc1.Cc1cc2[nH]c(=O)c(=O)n3c2c(c1C)NC(=O)C3CC(=O)O. The maximum atomic E-state index is 12.2. The number of amides is 2. The Morgan fingerprint density at radius 3 is 2.38 bits per heavy atom. The summed E-state index contributed by atoms with van der Waals surface area (Å²) in [7, 11) is 0. The Labute approximate surface area is 181 Å². The van der Waals surface area contributed by atoms with E-state index in [-0.39, 0.29) is 5.91 Å². The zero-order chi connectivity index (χ0) is 23.6. The second kappa shape index (κ2) is 8.88. The van der Waals surface area contributed by atoms with E-state index in [1.165, 1.54) is 6.92 Å². The molecule has 10 heteroatoms. The first-order chi connectivity index (χ1) is 15.1. The van der Waals surface area contributed by atoms with Crippen LogP contribution in [-0.2, 0) is 14.4 Å². The largest absolute Gasteiger partial charge is 0.481 e. The maximum Gasteiger partial charge on any atom is 0.317 e. The molecule has 2 heterocycles. The van der Waals surface area contributed by atoms with Crippen LogP contribution in [0.25, 0.3) is 11.0 Å². The molecule has 1 aliphatic rings. The van der Waals surface area contributed by atoms with Gasteiger partial charge in [0, 0.05) is 12.6 Å². The number of rotatable bonds is 3. The molecule has 1 aliphatic heterocycles. The molecule has 0 saturated heterocycles. The number of carboxylic acid groups (broad SMARTS) is 1. The lowest BCUT2D eigenvalue weighted by Crippen LogP contribution is -2.45. The van der Waals surface area contributed by atoms with Crippen molar-refractivity contribution in [3.8, 4) is 0 Å². The number of aliphatic carboxylic acids is 1. The van der Waals surface area contributed by atoms with Gasteiger partial charge in [0.05, 0.1) is 23.1 Å². The van der Waals surface area contributed by atoms with E-state index < -0.39 is 35.5 Å². The van der Waals surface area contributed by atoms with Crippen molar-refractivity contribution < 1.29 is 19.5 Å². The molecule has 1 unspecified atom stereocenters. The van der Waals surface area contributed by atoms with Crippen LogP contribution in [0.4, 0.5) is 11.4 Å². The van der Waals surface area contributed by atoms with Crippen molar-refractivity contribution in [2.75, 3.05) is 10.6 Å². The molecule has 0 spiro atoms. The Balaban J connectivity index is 0.000000243. The Kier molecular flexibility index (Phi) is 6.24. The average molecular weight is 438 g/mol. The predicted octanol–water partition coefficient (Wildman–Crippen LogP) is 1.92. The van der Waals surface area contributed by atoms with Gasteiger partial charge in [0.25, 0.3) is 0 Å². The highest BCUT2D eigenvalue weighted by Gasteiger charge is 2.33. The quantitative estimate of drug-likeness (QED) is 0.459. The number of aromatic nitrogens is 2. The number of aromatic amines is 1. The number of aryl methyl sites for hydroxylation is 1. The van der Waals surface area contributed by atoms with Crippen LogP contribution in [0.1, 0.15) is 30.5 Å². The molecular weight excluding hydrogens is 416 g/mol. The summed E-state index contributed by atoms with van der Waals surface area (Å²) in [4.78, 5) is 60.2. The average Bonchev–Trinajstić information content (AvgIpc) is 2.72. The van der Waals surface area contributed by atoms with Gasteiger partial charge in [-0.05, 0) is 43.2 Å². The van der Waals surface area contributed by atoms with Gasteiger partial charge in [-0.2, -0.15) is 0 Å². The number of carbonyl (C=O) groups is 3. The summed E-state index contributed by atoms with van der Waals surface area (Å²) in [5.41, 5.74) is 1.78. The number of carboxylic acids is 1. The molecule has 0 aliphatic carbocycles. The van der Waals surface area contributed by atoms with E-state index in [2.05, 4.69) is 15.6 Å². The fourth-order valence-corrected chi connectivity index (χ4v) is 3.48. The normalized spacial score (nSPS) is 14.2. The van der Waals surface area contributed by atoms with Gasteiger partial charge in [-0.25, -0.2) is 0 Å². The fraction of sp³-hybridized carbons (Fsp3) is 0.227. The molecular formula is C22H22N4O6. The molecule has 0 radical (unpaired) electrons. The van der Waals surface area contributed by atoms with E-state index in [0.29, 0.717) is 16.7 Å². The summed E-state index contributed by atoms with van der Waals surface area (Å²) in [5, 5.41) is 14.3. The van der Waals surface area contributed by atoms with Crippen molar-refractivity contribution in [2.24, 2.45) is 0 Å². The first-order valence-electron chi connectivity index (χ1n) is 9.74. The van der Waals surface area contributed by atoms with Crippen LogP contribution >= 0.6 is 0 Å². The lowest BCUT2D eigenvalue weighted by Gasteiger charge is -2.27. The van der Waals surface area contributed by atoms with Crippen molar-refractivity contribution in [2.45, 2.75) is 33.2 Å². The molecule has 32 heavy (non-hydrogen) atoms. The Hall–Kier alpha value is -4.21. The molecule has 10 nitrogen and oxygen atoms in total. The molecule has 4 N–H and O–H groups in total. The first kappa shape index (κ1) is 22.5. The molecule has 3 aromatic rings. The van der Waals surface area contributed by atoms with Crippen molar-refractivity contribution >= 4 is 40.2 Å². The van der Waals surface area contributed by atoms with Gasteiger partial charge in [0.2, 0.25) is 11.8 Å². The third-order valence-electron chi connectivity index (χ3n) is 5.05. The first-order valence-corrected chi connectivity index (χ1v) is 9.74. The van der Waals surface area contributed by atoms with Crippen LogP contribution in [0.2, 0.25) is 0 Å². The monoisotopic (exact) mass is 438 g/mol. The van der Waals surface area contributed by atoms with Gasteiger partial charge >= 0.3 is 17.1 Å². The summed E-state index contributed by atoms with van der Waals surface area (Å²) in [6, 6.07) is 9.82. The molecule has 1 atom stereocenters. The molecule has 4 rings (SSSR count). The number of H-pyrrole nitrogens is 1. The van der Waals surface area contributed by atoms with Crippen LogP contribution in [0, 0.1) is 13.8 Å². The Morgan fingerprint density at radius 1 is 1.12 bits per heavy atom. The highest BCUT2D eigenvalue weighted by Crippen LogP contribution is 2.34. The van der Waals surface area contributed by atoms with E-state index in [9.17, 15) is 24.0 Å². The van der Waals surface area contributed by atoms with Crippen LogP contribution < -0.4 is 21.8 Å². The highest BCUT2D eigenvalue weighted by molar-refractivity contribution is 6.07. The van der Waals surface area contributed by atoms with Crippen LogP contribution in [-0.4, -0.2) is 32.4 Å². The van der Waals surface area contributed by atoms with Crippen LogP contribution in [0.3, 0.4) is 0 Å². The van der Waals surface area contributed by atoms with Crippen molar-refractivity contribution in [1.29, 1.82) is 0 Å². The molecule has 1 aromatic heterocycles. The van der Waals surface area contributed by atoms with Crippen molar-refractivity contribution in [1.82, 2.24) is 9.55 Å². The van der Waals surface area contributed by atoms with E-state index in [1.54, 1.807) is 13.0 Å². The number of anilines is 2. The number of carbonyl (C=O) groups excluding carboxylic acids is 2. The van der Waals surface area contributed by atoms with Gasteiger partial charge in [0.1, 0.15) is 6.04 Å². The standard InChI is InChI=1S/C14H13N3O5.C8H9NO/c1-5-3-7-11-10(6(5)2)16-12(20)8(4-9(18)19)17(11)14(22)13(21)15-7;1-7(10)9-8-5-3-2-4-6-8/h3,8H,4H2,1-2H3,(H,15,21)(H,16,20)(H,18,19);2-6H,1H3,(H,9,10). The predicted molar refractivity (Wildman–Crippen MR) is 119 cm³/mol. The fourth-order valence-electron chi connectivity index (χ4n) is 3.48. The third kappa shape index (κ3) is 4.43. The second-order valence-corrected chi connectivity index (χ2v) is 7.37. The third-order valence-corrected chi connectivity index (χ3v) is 5.05. The summed E-state index contributed by atoms with van der Waals surface area (Å²) in [6.45, 7) is 5.09. The number of nitrogens with zero attached hydrogens (tertiary/aromatic N) is 1. The Bertz CT molecular complexity index is 1340. The Morgan fingerprint density at radius 2 is 1.78 bits per heavy atom. The zero-order valence-corrected chi connectivity index (χ0v) is 17.7. The van der Waals surface area contributed by atoms with Crippen molar-refractivity contribution in [3.63, 3.8) is 0 Å². The molecule has 2 aromatic carbocycles. The molecule has 0 bridgehead atoms. The molecule has 0 saturated carbocycles. The summed E-state index contributed by atoms with van der Waals surface area (Å²) < 4.78 is 0.989. The van der Waals surface area contributed by atoms with Gasteiger partial charge in [0.15, 0.2) is 0 Å². The van der Waals surface area contributed by atoms with Crippen LogP contribution in [0.5, 0.6) is 0 Å². The van der Waals surface area contributed by atoms with Gasteiger partial charge < -0.3 is 20.7 Å². The number of nitrogens with one attached hydrogen (secondary N) is 3. The van der Waals surface area contributed by atoms with E-state index in [0.717, 1.165) is 21.4 Å². The lowest BCUT2D eigenvalue weighted by atomic mass is 10.0. The number of para-hydroxylation sites is 1. The summed E-state index contributed by atoms with van der Waals surface area (Å²) >= 11 is 0. The zero-order valence-electron chi connectivity index (χ0n) is 17.7. The summed E-state index contributed by atoms with van der Waals surface area (Å²) in [6.07, 6.45) is -0.573. The molecule has 166 valence electrons. The topological polar surface area (TPSA) is 150 Å². The number of benzene rings is 2. The van der Waals surface area contributed by atoms with Crippen LogP contribution in [0.15, 0.2) is 46.0 Å². The minimum Gasteiger partial charge on any atom is -0.481 e. The highest BCUT2D eigenvalue weighted by atomic mass is 16.4. The number of hydrogen-bond acceptors (Lipinski definition) is 5. The van der Waals surface area contributed by atoms with E-state index in [4.69, 9.17) is 5.11 Å². The number of hydrogen-bond donors (Lipinski definition) is 4. The van der Waals surface area contributed by atoms with E-state index in [1.807, 2.05) is 37.3 Å². The van der Waals surface area contributed by atoms with Gasteiger partial charge in [-0.15, -0.1) is 0 Å². The molecule has 0 fully saturated rings. The van der Waals surface area contributed by atoms with Gasteiger partial charge in [-0.3, -0.25) is 28.5 Å².